The van der Waals surface area contributed by atoms with Crippen molar-refractivity contribution in [2.75, 3.05) is 0 Å². The molecule has 0 atom stereocenters. The highest BCUT2D eigenvalue weighted by Gasteiger charge is 2.14. The van der Waals surface area contributed by atoms with E-state index < -0.39 is 0 Å². The van der Waals surface area contributed by atoms with E-state index in [9.17, 15) is 0 Å². The first-order valence-corrected chi connectivity index (χ1v) is 9.21. The molecule has 0 N–H and O–H groups in total. The van der Waals surface area contributed by atoms with Gasteiger partial charge >= 0.3 is 0 Å². The first kappa shape index (κ1) is 16.7. The Balaban J connectivity index is 1.99. The molecule has 3 heterocycles. The second kappa shape index (κ2) is 6.20. The topological polar surface area (TPSA) is 43.6 Å². The number of benzene rings is 1. The molecule has 0 aliphatic carbocycles. The number of hydrogen-bond donors (Lipinski definition) is 0. The smallest absolute Gasteiger partial charge is 0.140 e. The quantitative estimate of drug-likeness (QED) is 0.499. The van der Waals surface area contributed by atoms with Crippen LogP contribution in [-0.2, 0) is 6.54 Å². The second-order valence-electron chi connectivity index (χ2n) is 7.28. The van der Waals surface area contributed by atoms with E-state index in [2.05, 4.69) is 73.4 Å². The number of nitrogens with zero attached hydrogens (tertiary/aromatic N) is 4. The highest BCUT2D eigenvalue weighted by molar-refractivity contribution is 6.08. The molecule has 0 bridgehead atoms. The first-order chi connectivity index (χ1) is 12.5. The van der Waals surface area contributed by atoms with Crippen molar-refractivity contribution in [2.45, 2.75) is 47.1 Å². The largest absolute Gasteiger partial charge is 0.326 e. The van der Waals surface area contributed by atoms with Crippen LogP contribution in [0.25, 0.3) is 33.2 Å². The van der Waals surface area contributed by atoms with E-state index in [-0.39, 0.29) is 0 Å². The summed E-state index contributed by atoms with van der Waals surface area (Å²) in [5.74, 6) is 0.376. The fraction of sp³-hybridized carbons (Fsp3) is 0.318. The maximum absolute atomic E-state index is 4.80. The summed E-state index contributed by atoms with van der Waals surface area (Å²) in [7, 11) is 0. The summed E-state index contributed by atoms with van der Waals surface area (Å²) >= 11 is 0. The highest BCUT2D eigenvalue weighted by Crippen LogP contribution is 2.32. The van der Waals surface area contributed by atoms with Gasteiger partial charge in [0.2, 0.25) is 0 Å². The van der Waals surface area contributed by atoms with Gasteiger partial charge in [-0.1, -0.05) is 13.8 Å². The minimum Gasteiger partial charge on any atom is -0.326 e. The van der Waals surface area contributed by atoms with Gasteiger partial charge < -0.3 is 4.57 Å². The molecular weight excluding hydrogens is 320 g/mol. The average Bonchev–Trinajstić information content (AvgIpc) is 2.94. The number of pyridine rings is 1. The highest BCUT2D eigenvalue weighted by atomic mass is 15.0. The molecule has 132 valence electrons. The van der Waals surface area contributed by atoms with E-state index >= 15 is 0 Å². The zero-order chi connectivity index (χ0) is 18.4. The normalized spacial score (nSPS) is 11.8. The summed E-state index contributed by atoms with van der Waals surface area (Å²) in [5.41, 5.74) is 7.93. The average molecular weight is 344 g/mol. The minimum atomic E-state index is 0.376. The van der Waals surface area contributed by atoms with Gasteiger partial charge in [0.15, 0.2) is 0 Å². The van der Waals surface area contributed by atoms with Gasteiger partial charge in [0.25, 0.3) is 0 Å². The van der Waals surface area contributed by atoms with Gasteiger partial charge in [0.1, 0.15) is 12.0 Å². The van der Waals surface area contributed by atoms with Gasteiger partial charge in [-0.3, -0.25) is 0 Å². The number of aromatic nitrogens is 4. The van der Waals surface area contributed by atoms with Crippen LogP contribution in [0.15, 0.2) is 36.8 Å². The molecule has 4 heteroatoms. The Morgan fingerprint density at radius 3 is 2.42 bits per heavy atom. The maximum Gasteiger partial charge on any atom is 0.140 e. The lowest BCUT2D eigenvalue weighted by atomic mass is 10.0. The fourth-order valence-electron chi connectivity index (χ4n) is 3.53. The third-order valence-electron chi connectivity index (χ3n) is 5.21. The van der Waals surface area contributed by atoms with Crippen molar-refractivity contribution in [1.29, 1.82) is 0 Å². The van der Waals surface area contributed by atoms with Crippen molar-refractivity contribution in [3.63, 3.8) is 0 Å². The Bertz CT molecular complexity index is 1120. The number of rotatable bonds is 3. The van der Waals surface area contributed by atoms with Crippen LogP contribution in [0.1, 0.15) is 43.5 Å². The summed E-state index contributed by atoms with van der Waals surface area (Å²) in [5, 5.41) is 2.45. The van der Waals surface area contributed by atoms with E-state index in [0.29, 0.717) is 5.92 Å². The maximum atomic E-state index is 4.80. The van der Waals surface area contributed by atoms with Crippen LogP contribution in [0.3, 0.4) is 0 Å². The number of hydrogen-bond acceptors (Lipinski definition) is 3. The Morgan fingerprint density at radius 1 is 0.923 bits per heavy atom. The molecule has 0 saturated carbocycles. The van der Waals surface area contributed by atoms with Crippen LogP contribution >= 0.6 is 0 Å². The number of fused-ring (bicyclic) bond motifs is 3. The lowest BCUT2D eigenvalue weighted by Gasteiger charge is -2.07. The molecule has 4 nitrogen and oxygen atoms in total. The Hall–Kier alpha value is -2.75. The minimum absolute atomic E-state index is 0.376. The second-order valence-corrected chi connectivity index (χ2v) is 7.28. The molecular formula is C22H24N4. The molecule has 4 rings (SSSR count). The monoisotopic (exact) mass is 344 g/mol. The van der Waals surface area contributed by atoms with Crippen LogP contribution in [0.2, 0.25) is 0 Å². The van der Waals surface area contributed by atoms with Gasteiger partial charge in [-0.05, 0) is 62.1 Å². The summed E-state index contributed by atoms with van der Waals surface area (Å²) in [6.45, 7) is 11.7. The van der Waals surface area contributed by atoms with Crippen LogP contribution < -0.4 is 0 Å². The van der Waals surface area contributed by atoms with E-state index in [4.69, 9.17) is 4.98 Å². The van der Waals surface area contributed by atoms with E-state index in [0.717, 1.165) is 29.1 Å². The van der Waals surface area contributed by atoms with E-state index in [1.54, 1.807) is 6.33 Å². The fourth-order valence-corrected chi connectivity index (χ4v) is 3.53. The summed E-state index contributed by atoms with van der Waals surface area (Å²) in [6.07, 6.45) is 3.58. The van der Waals surface area contributed by atoms with E-state index in [1.165, 1.54) is 27.4 Å². The van der Waals surface area contributed by atoms with Gasteiger partial charge in [0.05, 0.1) is 11.2 Å². The van der Waals surface area contributed by atoms with E-state index in [1.807, 2.05) is 6.20 Å². The lowest BCUT2D eigenvalue weighted by molar-refractivity contribution is 0.814. The van der Waals surface area contributed by atoms with Crippen molar-refractivity contribution in [3.05, 3.63) is 53.6 Å². The van der Waals surface area contributed by atoms with Crippen molar-refractivity contribution in [2.24, 2.45) is 0 Å². The van der Waals surface area contributed by atoms with Crippen molar-refractivity contribution in [1.82, 2.24) is 19.5 Å². The Morgan fingerprint density at radius 2 is 1.69 bits per heavy atom. The Kier molecular flexibility index (Phi) is 3.98. The summed E-state index contributed by atoms with van der Waals surface area (Å²) in [4.78, 5) is 13.7. The molecule has 0 spiro atoms. The molecule has 0 fully saturated rings. The molecule has 0 aliphatic rings. The van der Waals surface area contributed by atoms with Gasteiger partial charge in [-0.15, -0.1) is 0 Å². The summed E-state index contributed by atoms with van der Waals surface area (Å²) in [6, 6.07) is 8.85. The third-order valence-corrected chi connectivity index (χ3v) is 5.21. The lowest BCUT2D eigenvalue weighted by Crippen LogP contribution is -1.97. The van der Waals surface area contributed by atoms with Crippen LogP contribution in [0.4, 0.5) is 0 Å². The zero-order valence-electron chi connectivity index (χ0n) is 16.0. The predicted octanol–water partition coefficient (Wildman–Crippen LogP) is 5.41. The van der Waals surface area contributed by atoms with Crippen molar-refractivity contribution in [3.8, 4) is 11.3 Å². The zero-order valence-corrected chi connectivity index (χ0v) is 16.0. The third kappa shape index (κ3) is 2.57. The van der Waals surface area contributed by atoms with Gasteiger partial charge in [-0.2, -0.15) is 0 Å². The molecule has 1 aromatic carbocycles. The molecule has 0 radical (unpaired) electrons. The number of aryl methyl sites for hydroxylation is 3. The molecule has 0 aliphatic heterocycles. The van der Waals surface area contributed by atoms with Gasteiger partial charge in [-0.25, -0.2) is 15.0 Å². The van der Waals surface area contributed by atoms with Crippen molar-refractivity contribution >= 4 is 21.9 Å². The molecule has 0 amide bonds. The SMILES string of the molecule is CCn1c2cc(C)c(C)cc2c2cc(-c3cc(C(C)C)ncn3)cnc21. The molecule has 26 heavy (non-hydrogen) atoms. The molecule has 3 aromatic heterocycles. The molecule has 0 saturated heterocycles. The van der Waals surface area contributed by atoms with Crippen LogP contribution in [0, 0.1) is 13.8 Å². The molecule has 4 aromatic rings. The standard InChI is InChI=1S/C22H24N4/c1-6-26-21-8-15(5)14(4)7-17(21)18-9-16(11-23-22(18)26)20-10-19(13(2)3)24-12-25-20/h7-13H,6H2,1-5H3. The first-order valence-electron chi connectivity index (χ1n) is 9.21. The summed E-state index contributed by atoms with van der Waals surface area (Å²) < 4.78 is 2.29. The Labute approximate surface area is 153 Å². The van der Waals surface area contributed by atoms with Crippen LogP contribution in [-0.4, -0.2) is 19.5 Å². The predicted molar refractivity (Wildman–Crippen MR) is 108 cm³/mol. The van der Waals surface area contributed by atoms with Gasteiger partial charge in [0, 0.05) is 34.8 Å². The van der Waals surface area contributed by atoms with Crippen molar-refractivity contribution < 1.29 is 0 Å². The molecule has 0 unspecified atom stereocenters. The van der Waals surface area contributed by atoms with Crippen LogP contribution in [0.5, 0.6) is 0 Å².